The Morgan fingerprint density at radius 3 is 2.32 bits per heavy atom. The zero-order chi connectivity index (χ0) is 27.6. The molecule has 2 amide bonds. The first-order chi connectivity index (χ1) is 17.3. The second-order valence-electron chi connectivity index (χ2n) is 11.8. The number of anilines is 1. The van der Waals surface area contributed by atoms with Crippen LogP contribution in [0.4, 0.5) is 10.6 Å². The molecule has 0 spiro atoms. The fourth-order valence-electron chi connectivity index (χ4n) is 3.42. The van der Waals surface area contributed by atoms with Gasteiger partial charge in [-0.2, -0.15) is 0 Å². The number of piperidine rings is 1. The van der Waals surface area contributed by atoms with Crippen molar-refractivity contribution in [2.24, 2.45) is 5.92 Å². The van der Waals surface area contributed by atoms with Crippen molar-refractivity contribution >= 4 is 17.8 Å². The maximum Gasteiger partial charge on any atom is 0.410 e. The second-order valence-corrected chi connectivity index (χ2v) is 11.8. The Balaban J connectivity index is 0.000000312. The zero-order valence-corrected chi connectivity index (χ0v) is 23.8. The van der Waals surface area contributed by atoms with E-state index < -0.39 is 0 Å². The average molecular weight is 516 g/mol. The van der Waals surface area contributed by atoms with Crippen molar-refractivity contribution in [3.63, 3.8) is 0 Å². The number of amides is 2. The maximum absolute atomic E-state index is 12.4. The van der Waals surface area contributed by atoms with Crippen molar-refractivity contribution < 1.29 is 18.7 Å². The number of aromatic nitrogens is 2. The molecule has 0 aliphatic carbocycles. The van der Waals surface area contributed by atoms with E-state index >= 15 is 0 Å². The van der Waals surface area contributed by atoms with Crippen molar-refractivity contribution in [1.82, 2.24) is 20.2 Å². The largest absolute Gasteiger partial charge is 0.467 e. The highest BCUT2D eigenvalue weighted by Gasteiger charge is 2.23. The summed E-state index contributed by atoms with van der Waals surface area (Å²) in [5.74, 6) is 2.19. The SMILES string of the molecule is CC(C)(C)OC(=O)N1CCCCC1.CC(C)CNC(=O)c1cnc(C(C)(C)C)nc1NCc1ccco1. The van der Waals surface area contributed by atoms with Gasteiger partial charge in [-0.3, -0.25) is 4.79 Å². The summed E-state index contributed by atoms with van der Waals surface area (Å²) >= 11 is 0. The highest BCUT2D eigenvalue weighted by molar-refractivity contribution is 5.98. The van der Waals surface area contributed by atoms with Crippen molar-refractivity contribution in [3.8, 4) is 0 Å². The molecule has 1 saturated heterocycles. The normalized spacial score (nSPS) is 14.0. The van der Waals surface area contributed by atoms with Gasteiger partial charge >= 0.3 is 6.09 Å². The summed E-state index contributed by atoms with van der Waals surface area (Å²) in [6, 6.07) is 3.70. The van der Waals surface area contributed by atoms with Crippen LogP contribution in [-0.2, 0) is 16.7 Å². The number of furan rings is 1. The highest BCUT2D eigenvalue weighted by Crippen LogP contribution is 2.22. The molecule has 3 heterocycles. The number of hydrogen-bond acceptors (Lipinski definition) is 7. The fourth-order valence-corrected chi connectivity index (χ4v) is 3.42. The van der Waals surface area contributed by atoms with Gasteiger partial charge in [-0.15, -0.1) is 0 Å². The lowest BCUT2D eigenvalue weighted by Gasteiger charge is -2.29. The Morgan fingerprint density at radius 1 is 1.11 bits per heavy atom. The molecule has 2 aromatic heterocycles. The third-order valence-electron chi connectivity index (χ3n) is 5.39. The van der Waals surface area contributed by atoms with Gasteiger partial charge in [-0.05, 0) is 58.1 Å². The number of ether oxygens (including phenoxy) is 1. The standard InChI is InChI=1S/C18H26N4O2.C10H19NO2/c1-12(2)9-20-16(23)14-11-21-17(18(3,4)5)22-15(14)19-10-13-7-6-8-24-13;1-10(2,3)13-9(12)11-7-5-4-6-8-11/h6-8,11-12H,9-10H2,1-5H3,(H,20,23)(H,19,21,22);4-8H2,1-3H3. The molecule has 2 aromatic rings. The Kier molecular flexibility index (Phi) is 10.9. The van der Waals surface area contributed by atoms with Gasteiger partial charge in [0.25, 0.3) is 5.91 Å². The first-order valence-electron chi connectivity index (χ1n) is 13.2. The summed E-state index contributed by atoms with van der Waals surface area (Å²) in [7, 11) is 0. The molecule has 0 atom stereocenters. The van der Waals surface area contributed by atoms with Gasteiger partial charge in [0.2, 0.25) is 0 Å². The van der Waals surface area contributed by atoms with Crippen LogP contribution in [0, 0.1) is 5.92 Å². The summed E-state index contributed by atoms with van der Waals surface area (Å²) in [5, 5.41) is 6.10. The van der Waals surface area contributed by atoms with Gasteiger partial charge < -0.3 is 24.7 Å². The molecule has 0 aromatic carbocycles. The van der Waals surface area contributed by atoms with Crippen molar-refractivity contribution in [1.29, 1.82) is 0 Å². The van der Waals surface area contributed by atoms with E-state index in [2.05, 4.69) is 34.4 Å². The van der Waals surface area contributed by atoms with Crippen LogP contribution in [-0.4, -0.2) is 52.1 Å². The van der Waals surface area contributed by atoms with E-state index in [1.165, 1.54) is 6.42 Å². The molecule has 2 N–H and O–H groups in total. The first kappa shape index (κ1) is 30.1. The maximum atomic E-state index is 12.4. The smallest absolute Gasteiger partial charge is 0.410 e. The number of carbonyl (C=O) groups is 2. The van der Waals surface area contributed by atoms with Crippen molar-refractivity contribution in [3.05, 3.63) is 41.7 Å². The third kappa shape index (κ3) is 10.8. The van der Waals surface area contributed by atoms with E-state index in [0.717, 1.165) is 31.7 Å². The van der Waals surface area contributed by atoms with Gasteiger partial charge in [0.15, 0.2) is 0 Å². The minimum atomic E-state index is -0.367. The van der Waals surface area contributed by atoms with Crippen molar-refractivity contribution in [2.45, 2.75) is 92.2 Å². The van der Waals surface area contributed by atoms with Gasteiger partial charge in [-0.1, -0.05) is 34.6 Å². The van der Waals surface area contributed by atoms with Crippen molar-refractivity contribution in [2.75, 3.05) is 25.0 Å². The first-order valence-corrected chi connectivity index (χ1v) is 13.2. The van der Waals surface area contributed by atoms with Gasteiger partial charge in [-0.25, -0.2) is 14.8 Å². The molecule has 37 heavy (non-hydrogen) atoms. The molecule has 1 aliphatic heterocycles. The lowest BCUT2D eigenvalue weighted by Crippen LogP contribution is -2.39. The van der Waals surface area contributed by atoms with Gasteiger partial charge in [0, 0.05) is 31.2 Å². The summed E-state index contributed by atoms with van der Waals surface area (Å²) in [5.41, 5.74) is -0.127. The Hall–Kier alpha value is -3.10. The van der Waals surface area contributed by atoms with E-state index in [1.54, 1.807) is 17.4 Å². The monoisotopic (exact) mass is 515 g/mol. The molecule has 1 fully saturated rings. The summed E-state index contributed by atoms with van der Waals surface area (Å²) < 4.78 is 10.6. The van der Waals surface area contributed by atoms with Gasteiger partial charge in [0.1, 0.15) is 28.6 Å². The number of nitrogens with zero attached hydrogens (tertiary/aromatic N) is 3. The molecule has 0 radical (unpaired) electrons. The molecule has 1 aliphatic rings. The van der Waals surface area contributed by atoms with Crippen LogP contribution in [0.2, 0.25) is 0 Å². The lowest BCUT2D eigenvalue weighted by molar-refractivity contribution is 0.0216. The van der Waals surface area contributed by atoms with Crippen LogP contribution in [0.3, 0.4) is 0 Å². The van der Waals surface area contributed by atoms with Crippen LogP contribution in [0.25, 0.3) is 0 Å². The predicted molar refractivity (Wildman–Crippen MR) is 146 cm³/mol. The number of carbonyl (C=O) groups excluding carboxylic acids is 2. The average Bonchev–Trinajstić information content (AvgIpc) is 3.34. The Bertz CT molecular complexity index is 985. The molecule has 3 rings (SSSR count). The van der Waals surface area contributed by atoms with E-state index in [9.17, 15) is 9.59 Å². The minimum absolute atomic E-state index is 0.160. The summed E-state index contributed by atoms with van der Waals surface area (Å²) in [6.07, 6.45) is 6.51. The topological polar surface area (TPSA) is 110 Å². The summed E-state index contributed by atoms with van der Waals surface area (Å²) in [4.78, 5) is 34.7. The summed E-state index contributed by atoms with van der Waals surface area (Å²) in [6.45, 7) is 18.7. The fraction of sp³-hybridized carbons (Fsp3) is 0.643. The van der Waals surface area contributed by atoms with Crippen LogP contribution in [0.15, 0.2) is 29.0 Å². The number of hydrogen-bond donors (Lipinski definition) is 2. The Labute approximate surface area is 221 Å². The Morgan fingerprint density at radius 2 is 1.78 bits per heavy atom. The van der Waals surface area contributed by atoms with E-state index in [-0.39, 0.29) is 23.0 Å². The minimum Gasteiger partial charge on any atom is -0.467 e. The van der Waals surface area contributed by atoms with Crippen LogP contribution >= 0.6 is 0 Å². The van der Waals surface area contributed by atoms with Crippen LogP contribution < -0.4 is 10.6 Å². The number of nitrogens with one attached hydrogen (secondary N) is 2. The van der Waals surface area contributed by atoms with Crippen LogP contribution in [0.5, 0.6) is 0 Å². The molecule has 0 unspecified atom stereocenters. The molecule has 0 bridgehead atoms. The predicted octanol–water partition coefficient (Wildman–Crippen LogP) is 5.77. The molecule has 206 valence electrons. The van der Waals surface area contributed by atoms with Gasteiger partial charge in [0.05, 0.1) is 12.8 Å². The molecule has 9 heteroatoms. The molecular weight excluding hydrogens is 470 g/mol. The molecule has 9 nitrogen and oxygen atoms in total. The zero-order valence-electron chi connectivity index (χ0n) is 23.8. The van der Waals surface area contributed by atoms with E-state index in [0.29, 0.717) is 36.2 Å². The highest BCUT2D eigenvalue weighted by atomic mass is 16.6. The quantitative estimate of drug-likeness (QED) is 0.502. The lowest BCUT2D eigenvalue weighted by atomic mass is 9.95. The number of likely N-dealkylation sites (tertiary alicyclic amines) is 1. The second kappa shape index (κ2) is 13.4. The third-order valence-corrected chi connectivity index (χ3v) is 5.39. The number of rotatable bonds is 6. The molecule has 0 saturated carbocycles. The van der Waals surface area contributed by atoms with E-state index in [1.807, 2.05) is 53.7 Å². The van der Waals surface area contributed by atoms with Crippen LogP contribution in [0.1, 0.15) is 96.6 Å². The molecular formula is C28H45N5O4. The van der Waals surface area contributed by atoms with E-state index in [4.69, 9.17) is 9.15 Å².